The summed E-state index contributed by atoms with van der Waals surface area (Å²) in [5.41, 5.74) is 2.33. The SMILES string of the molecule is C.CC(=O)c1ccc(NC(=O)COc2cccc(C)c2)cc1. The molecule has 1 N–H and O–H groups in total. The van der Waals surface area contributed by atoms with E-state index >= 15 is 0 Å². The van der Waals surface area contributed by atoms with E-state index < -0.39 is 0 Å². The Morgan fingerprint density at radius 2 is 1.77 bits per heavy atom. The summed E-state index contributed by atoms with van der Waals surface area (Å²) in [6, 6.07) is 14.3. The molecule has 0 saturated heterocycles. The molecule has 0 saturated carbocycles. The standard InChI is InChI=1S/C17H17NO3.CH4/c1-12-4-3-5-16(10-12)21-11-17(20)18-15-8-6-14(7-9-15)13(2)19;/h3-10H,11H2,1-2H3,(H,18,20);1H4. The van der Waals surface area contributed by atoms with Crippen molar-refractivity contribution < 1.29 is 14.3 Å². The van der Waals surface area contributed by atoms with E-state index in [-0.39, 0.29) is 25.7 Å². The third-order valence-electron chi connectivity index (χ3n) is 2.93. The molecule has 0 aliphatic rings. The van der Waals surface area contributed by atoms with Crippen molar-refractivity contribution in [3.05, 3.63) is 59.7 Å². The number of rotatable bonds is 5. The van der Waals surface area contributed by atoms with Crippen molar-refractivity contribution in [2.24, 2.45) is 0 Å². The molecule has 0 heterocycles. The number of aryl methyl sites for hydroxylation is 1. The number of hydrogen-bond donors (Lipinski definition) is 1. The second-order valence-electron chi connectivity index (χ2n) is 4.79. The Labute approximate surface area is 131 Å². The van der Waals surface area contributed by atoms with E-state index in [1.807, 2.05) is 31.2 Å². The molecule has 0 atom stereocenters. The van der Waals surface area contributed by atoms with Crippen molar-refractivity contribution in [1.82, 2.24) is 0 Å². The van der Waals surface area contributed by atoms with Crippen LogP contribution in [0.5, 0.6) is 5.75 Å². The Bertz CT molecular complexity index is 648. The van der Waals surface area contributed by atoms with E-state index in [9.17, 15) is 9.59 Å². The van der Waals surface area contributed by atoms with Crippen LogP contribution in [0.3, 0.4) is 0 Å². The fourth-order valence-corrected chi connectivity index (χ4v) is 1.84. The number of nitrogens with one attached hydrogen (secondary N) is 1. The van der Waals surface area contributed by atoms with Crippen LogP contribution in [0, 0.1) is 6.92 Å². The van der Waals surface area contributed by atoms with Crippen LogP contribution in [0.2, 0.25) is 0 Å². The first-order valence-corrected chi connectivity index (χ1v) is 6.65. The number of ketones is 1. The largest absolute Gasteiger partial charge is 0.484 e. The molecule has 4 heteroatoms. The number of Topliss-reactive ketones (excluding diaryl/α,β-unsaturated/α-hetero) is 1. The lowest BCUT2D eigenvalue weighted by atomic mass is 10.1. The highest BCUT2D eigenvalue weighted by atomic mass is 16.5. The molecular formula is C18H21NO3. The van der Waals surface area contributed by atoms with Gasteiger partial charge in [-0.15, -0.1) is 0 Å². The maximum Gasteiger partial charge on any atom is 0.262 e. The van der Waals surface area contributed by atoms with Crippen molar-refractivity contribution >= 4 is 17.4 Å². The Kier molecular flexibility index (Phi) is 6.32. The zero-order chi connectivity index (χ0) is 15.2. The van der Waals surface area contributed by atoms with Gasteiger partial charge in [0, 0.05) is 11.3 Å². The summed E-state index contributed by atoms with van der Waals surface area (Å²) in [4.78, 5) is 22.9. The van der Waals surface area contributed by atoms with Gasteiger partial charge in [-0.3, -0.25) is 9.59 Å². The van der Waals surface area contributed by atoms with Crippen LogP contribution in [-0.4, -0.2) is 18.3 Å². The lowest BCUT2D eigenvalue weighted by molar-refractivity contribution is -0.118. The monoisotopic (exact) mass is 299 g/mol. The third-order valence-corrected chi connectivity index (χ3v) is 2.93. The van der Waals surface area contributed by atoms with Crippen molar-refractivity contribution in [3.63, 3.8) is 0 Å². The number of ether oxygens (including phenoxy) is 1. The number of hydrogen-bond acceptors (Lipinski definition) is 3. The van der Waals surface area contributed by atoms with Gasteiger partial charge in [-0.1, -0.05) is 19.6 Å². The van der Waals surface area contributed by atoms with E-state index in [1.54, 1.807) is 24.3 Å². The molecular weight excluding hydrogens is 278 g/mol. The molecule has 0 aliphatic heterocycles. The van der Waals surface area contributed by atoms with Gasteiger partial charge in [0.2, 0.25) is 0 Å². The van der Waals surface area contributed by atoms with Gasteiger partial charge >= 0.3 is 0 Å². The number of carbonyl (C=O) groups excluding carboxylic acids is 2. The summed E-state index contributed by atoms with van der Waals surface area (Å²) in [5.74, 6) is 0.416. The zero-order valence-electron chi connectivity index (χ0n) is 12.1. The number of benzene rings is 2. The predicted molar refractivity (Wildman–Crippen MR) is 88.5 cm³/mol. The van der Waals surface area contributed by atoms with Crippen LogP contribution < -0.4 is 10.1 Å². The smallest absolute Gasteiger partial charge is 0.262 e. The van der Waals surface area contributed by atoms with Crippen molar-refractivity contribution in [1.29, 1.82) is 0 Å². The molecule has 116 valence electrons. The molecule has 0 aliphatic carbocycles. The Balaban J connectivity index is 0.00000242. The van der Waals surface area contributed by atoms with E-state index in [1.165, 1.54) is 6.92 Å². The maximum atomic E-state index is 11.8. The molecule has 22 heavy (non-hydrogen) atoms. The van der Waals surface area contributed by atoms with Gasteiger partial charge in [-0.05, 0) is 55.8 Å². The summed E-state index contributed by atoms with van der Waals surface area (Å²) >= 11 is 0. The third kappa shape index (κ3) is 5.05. The zero-order valence-corrected chi connectivity index (χ0v) is 12.1. The molecule has 0 aromatic heterocycles. The highest BCUT2D eigenvalue weighted by Gasteiger charge is 2.05. The van der Waals surface area contributed by atoms with Crippen LogP contribution in [0.15, 0.2) is 48.5 Å². The first-order chi connectivity index (χ1) is 10.0. The van der Waals surface area contributed by atoms with Gasteiger partial charge in [-0.2, -0.15) is 0 Å². The van der Waals surface area contributed by atoms with Crippen LogP contribution in [0.4, 0.5) is 5.69 Å². The van der Waals surface area contributed by atoms with E-state index in [2.05, 4.69) is 5.32 Å². The summed E-state index contributed by atoms with van der Waals surface area (Å²) in [6.45, 7) is 3.41. The van der Waals surface area contributed by atoms with Gasteiger partial charge < -0.3 is 10.1 Å². The van der Waals surface area contributed by atoms with E-state index in [0.29, 0.717) is 17.0 Å². The first-order valence-electron chi connectivity index (χ1n) is 6.65. The molecule has 2 aromatic carbocycles. The first kappa shape index (κ1) is 17.4. The molecule has 0 unspecified atom stereocenters. The Hall–Kier alpha value is -2.62. The van der Waals surface area contributed by atoms with Crippen molar-refractivity contribution in [3.8, 4) is 5.75 Å². The Morgan fingerprint density at radius 3 is 2.36 bits per heavy atom. The highest BCUT2D eigenvalue weighted by molar-refractivity contribution is 5.95. The van der Waals surface area contributed by atoms with Crippen LogP contribution >= 0.6 is 0 Å². The fraction of sp³-hybridized carbons (Fsp3) is 0.222. The van der Waals surface area contributed by atoms with Crippen LogP contribution in [-0.2, 0) is 4.79 Å². The van der Waals surface area contributed by atoms with Gasteiger partial charge in [0.1, 0.15) is 5.75 Å². The molecule has 4 nitrogen and oxygen atoms in total. The average Bonchev–Trinajstić information content (AvgIpc) is 2.46. The maximum absolute atomic E-state index is 11.8. The topological polar surface area (TPSA) is 55.4 Å². The summed E-state index contributed by atoms with van der Waals surface area (Å²) in [6.07, 6.45) is 0. The van der Waals surface area contributed by atoms with Crippen LogP contribution in [0.1, 0.15) is 30.3 Å². The van der Waals surface area contributed by atoms with Gasteiger partial charge in [-0.25, -0.2) is 0 Å². The van der Waals surface area contributed by atoms with E-state index in [0.717, 1.165) is 5.56 Å². The number of carbonyl (C=O) groups is 2. The minimum Gasteiger partial charge on any atom is -0.484 e. The van der Waals surface area contributed by atoms with E-state index in [4.69, 9.17) is 4.74 Å². The quantitative estimate of drug-likeness (QED) is 0.853. The fourth-order valence-electron chi connectivity index (χ4n) is 1.84. The van der Waals surface area contributed by atoms with Gasteiger partial charge in [0.15, 0.2) is 12.4 Å². The van der Waals surface area contributed by atoms with Crippen molar-refractivity contribution in [2.45, 2.75) is 21.3 Å². The number of anilines is 1. The van der Waals surface area contributed by atoms with Crippen LogP contribution in [0.25, 0.3) is 0 Å². The van der Waals surface area contributed by atoms with Crippen molar-refractivity contribution in [2.75, 3.05) is 11.9 Å². The lowest BCUT2D eigenvalue weighted by Gasteiger charge is -2.08. The highest BCUT2D eigenvalue weighted by Crippen LogP contribution is 2.13. The molecule has 0 radical (unpaired) electrons. The predicted octanol–water partition coefficient (Wildman–Crippen LogP) is 3.85. The molecule has 0 bridgehead atoms. The summed E-state index contributed by atoms with van der Waals surface area (Å²) in [5, 5.41) is 2.72. The number of amides is 1. The molecule has 2 aromatic rings. The normalized spacial score (nSPS) is 9.55. The molecule has 2 rings (SSSR count). The minimum atomic E-state index is -0.243. The molecule has 0 spiro atoms. The lowest BCUT2D eigenvalue weighted by Crippen LogP contribution is -2.20. The summed E-state index contributed by atoms with van der Waals surface area (Å²) < 4.78 is 5.42. The summed E-state index contributed by atoms with van der Waals surface area (Å²) in [7, 11) is 0. The Morgan fingerprint density at radius 1 is 1.09 bits per heavy atom. The molecule has 0 fully saturated rings. The van der Waals surface area contributed by atoms with Gasteiger partial charge in [0.25, 0.3) is 5.91 Å². The molecule has 1 amide bonds. The minimum absolute atomic E-state index is 0. The van der Waals surface area contributed by atoms with Gasteiger partial charge in [0.05, 0.1) is 0 Å². The second-order valence-corrected chi connectivity index (χ2v) is 4.79. The second kappa shape index (κ2) is 7.98. The average molecular weight is 299 g/mol.